The van der Waals surface area contributed by atoms with E-state index in [1.54, 1.807) is 48.5 Å². The van der Waals surface area contributed by atoms with Crippen LogP contribution in [0.2, 0.25) is 0 Å². The minimum absolute atomic E-state index is 0.153. The van der Waals surface area contributed by atoms with Crippen LogP contribution in [0, 0.1) is 0 Å². The van der Waals surface area contributed by atoms with Gasteiger partial charge in [0.1, 0.15) is 12.3 Å². The van der Waals surface area contributed by atoms with E-state index in [2.05, 4.69) is 5.32 Å². The first-order valence-electron chi connectivity index (χ1n) is 10.1. The molecule has 2 heterocycles. The predicted molar refractivity (Wildman–Crippen MR) is 128 cm³/mol. The Hall–Kier alpha value is -3.35. The highest BCUT2D eigenvalue weighted by molar-refractivity contribution is 8.04. The van der Waals surface area contributed by atoms with Crippen LogP contribution in [0.15, 0.2) is 53.4 Å². The number of hydrogen-bond acceptors (Lipinski definition) is 7. The first-order valence-corrected chi connectivity index (χ1v) is 12.7. The molecular weight excluding hydrogens is 482 g/mol. The summed E-state index contributed by atoms with van der Waals surface area (Å²) in [6.07, 6.45) is 0. The minimum Gasteiger partial charge on any atom is -0.497 e. The van der Waals surface area contributed by atoms with Crippen LogP contribution in [0.25, 0.3) is 5.57 Å². The van der Waals surface area contributed by atoms with E-state index in [1.165, 1.54) is 16.9 Å². The molecule has 0 aliphatic carbocycles. The molecule has 0 saturated carbocycles. The molecule has 10 nitrogen and oxygen atoms in total. The minimum atomic E-state index is -4.23. The van der Waals surface area contributed by atoms with Gasteiger partial charge in [-0.3, -0.25) is 23.8 Å². The van der Waals surface area contributed by atoms with Crippen molar-refractivity contribution in [3.8, 4) is 5.75 Å². The number of anilines is 2. The highest BCUT2D eigenvalue weighted by Gasteiger charge is 2.40. The van der Waals surface area contributed by atoms with Gasteiger partial charge in [0.15, 0.2) is 0 Å². The number of benzene rings is 2. The van der Waals surface area contributed by atoms with Crippen molar-refractivity contribution >= 4 is 56.5 Å². The number of para-hydroxylation sites is 1. The van der Waals surface area contributed by atoms with Crippen LogP contribution in [0.3, 0.4) is 0 Å². The molecule has 0 bridgehead atoms. The zero-order valence-corrected chi connectivity index (χ0v) is 19.7. The molecule has 2 aliphatic heterocycles. The fourth-order valence-electron chi connectivity index (χ4n) is 3.65. The third-order valence-electron chi connectivity index (χ3n) is 5.29. The van der Waals surface area contributed by atoms with Crippen LogP contribution in [0.5, 0.6) is 5.75 Å². The first kappa shape index (κ1) is 23.8. The normalized spacial score (nSPS) is 17.8. The first-order chi connectivity index (χ1) is 16.2. The average Bonchev–Trinajstić information content (AvgIpc) is 3.29. The van der Waals surface area contributed by atoms with Gasteiger partial charge in [0.05, 0.1) is 34.9 Å². The highest BCUT2D eigenvalue weighted by atomic mass is 32.2. The van der Waals surface area contributed by atoms with Gasteiger partial charge in [0.2, 0.25) is 5.91 Å². The predicted octanol–water partition coefficient (Wildman–Crippen LogP) is 1.81. The van der Waals surface area contributed by atoms with Crippen molar-refractivity contribution in [3.63, 3.8) is 0 Å². The third-order valence-corrected chi connectivity index (χ3v) is 7.10. The van der Waals surface area contributed by atoms with Gasteiger partial charge in [-0.25, -0.2) is 0 Å². The molecule has 2 N–H and O–H groups in total. The fourth-order valence-corrected chi connectivity index (χ4v) is 5.23. The van der Waals surface area contributed by atoms with Crippen molar-refractivity contribution in [2.24, 2.45) is 0 Å². The Kier molecular flexibility index (Phi) is 6.64. The number of carbonyl (C=O) groups is 3. The summed E-state index contributed by atoms with van der Waals surface area (Å²) in [4.78, 5) is 41.7. The van der Waals surface area contributed by atoms with Crippen LogP contribution >= 0.6 is 11.8 Å². The molecule has 2 aromatic carbocycles. The van der Waals surface area contributed by atoms with E-state index in [1.807, 2.05) is 0 Å². The van der Waals surface area contributed by atoms with Crippen molar-refractivity contribution in [1.82, 2.24) is 4.90 Å². The molecule has 0 unspecified atom stereocenters. The monoisotopic (exact) mass is 503 g/mol. The van der Waals surface area contributed by atoms with Crippen molar-refractivity contribution in [2.75, 3.05) is 42.0 Å². The molecule has 12 heteroatoms. The highest BCUT2D eigenvalue weighted by Crippen LogP contribution is 2.43. The van der Waals surface area contributed by atoms with E-state index in [9.17, 15) is 22.8 Å². The Morgan fingerprint density at radius 3 is 2.50 bits per heavy atom. The molecule has 2 aliphatic rings. The molecule has 1 fully saturated rings. The summed E-state index contributed by atoms with van der Waals surface area (Å²) in [5.74, 6) is -1.19. The second kappa shape index (κ2) is 9.49. The lowest BCUT2D eigenvalue weighted by atomic mass is 10.1. The van der Waals surface area contributed by atoms with Crippen molar-refractivity contribution < 1.29 is 32.1 Å². The molecular formula is C22H21N3O7S2. The summed E-state index contributed by atoms with van der Waals surface area (Å²) in [7, 11) is -2.69. The quantitative estimate of drug-likeness (QED) is 0.432. The number of rotatable bonds is 7. The number of methoxy groups -OCH3 is 1. The molecule has 0 atom stereocenters. The summed E-state index contributed by atoms with van der Waals surface area (Å²) in [6, 6.07) is 13.6. The molecule has 2 aromatic rings. The fraction of sp³-hybridized carbons (Fsp3) is 0.227. The Labute approximate surface area is 200 Å². The zero-order valence-electron chi connectivity index (χ0n) is 18.1. The number of hydrogen-bond donors (Lipinski definition) is 2. The van der Waals surface area contributed by atoms with Crippen molar-refractivity contribution in [3.05, 3.63) is 59.0 Å². The lowest BCUT2D eigenvalue weighted by Crippen LogP contribution is -2.35. The van der Waals surface area contributed by atoms with Crippen LogP contribution < -0.4 is 15.0 Å². The Morgan fingerprint density at radius 1 is 1.12 bits per heavy atom. The second-order valence-corrected chi connectivity index (χ2v) is 10.0. The molecule has 178 valence electrons. The summed E-state index contributed by atoms with van der Waals surface area (Å²) in [5.41, 5.74) is 1.75. The smallest absolute Gasteiger partial charge is 0.266 e. The summed E-state index contributed by atoms with van der Waals surface area (Å²) in [6.45, 7) is -0.449. The third kappa shape index (κ3) is 4.93. The SMILES string of the molecule is COc1ccc(NC(=O)CN2C(=O)/C(=C3\SCN(CCS(=O)(=O)O)C3=O)c3ccccc32)cc1. The molecule has 0 spiro atoms. The Balaban J connectivity index is 1.56. The topological polar surface area (TPSA) is 133 Å². The lowest BCUT2D eigenvalue weighted by Gasteiger charge is -2.17. The number of ether oxygens (including phenoxy) is 1. The van der Waals surface area contributed by atoms with Crippen LogP contribution in [-0.2, 0) is 24.5 Å². The van der Waals surface area contributed by atoms with Gasteiger partial charge in [-0.1, -0.05) is 30.0 Å². The van der Waals surface area contributed by atoms with E-state index in [-0.39, 0.29) is 29.4 Å². The molecule has 34 heavy (non-hydrogen) atoms. The number of nitrogens with zero attached hydrogens (tertiary/aromatic N) is 2. The average molecular weight is 504 g/mol. The largest absolute Gasteiger partial charge is 0.497 e. The van der Waals surface area contributed by atoms with Gasteiger partial charge in [0, 0.05) is 17.8 Å². The molecule has 0 aromatic heterocycles. The zero-order chi connectivity index (χ0) is 24.5. The van der Waals surface area contributed by atoms with E-state index < -0.39 is 33.6 Å². The molecule has 3 amide bonds. The van der Waals surface area contributed by atoms with Gasteiger partial charge in [-0.2, -0.15) is 8.42 Å². The van der Waals surface area contributed by atoms with Gasteiger partial charge in [-0.05, 0) is 30.3 Å². The maximum Gasteiger partial charge on any atom is 0.266 e. The van der Waals surface area contributed by atoms with Crippen LogP contribution in [-0.4, -0.2) is 67.4 Å². The number of carbonyl (C=O) groups excluding carboxylic acids is 3. The van der Waals surface area contributed by atoms with Crippen molar-refractivity contribution in [2.45, 2.75) is 0 Å². The van der Waals surface area contributed by atoms with Crippen molar-refractivity contribution in [1.29, 1.82) is 0 Å². The molecule has 1 saturated heterocycles. The summed E-state index contributed by atoms with van der Waals surface area (Å²) in [5, 5.41) is 2.74. The lowest BCUT2D eigenvalue weighted by molar-refractivity contribution is -0.124. The van der Waals surface area contributed by atoms with Gasteiger partial charge in [-0.15, -0.1) is 0 Å². The second-order valence-electron chi connectivity index (χ2n) is 7.52. The standard InChI is InChI=1S/C22H21N3O7S2/c1-32-15-8-6-14(7-9-15)23-18(26)12-25-17-5-3-2-4-16(17)19(21(25)27)20-22(28)24(13-33-20)10-11-34(29,30)31/h2-9H,10-13H2,1H3,(H,23,26)(H,29,30,31)/b20-19-. The molecule has 0 radical (unpaired) electrons. The van der Waals surface area contributed by atoms with E-state index >= 15 is 0 Å². The van der Waals surface area contributed by atoms with Gasteiger partial charge in [0.25, 0.3) is 21.9 Å². The number of thioether (sulfide) groups is 1. The van der Waals surface area contributed by atoms with E-state index in [0.29, 0.717) is 22.7 Å². The van der Waals surface area contributed by atoms with Gasteiger partial charge < -0.3 is 15.0 Å². The van der Waals surface area contributed by atoms with Crippen LogP contribution in [0.1, 0.15) is 5.56 Å². The number of fused-ring (bicyclic) bond motifs is 1. The summed E-state index contributed by atoms with van der Waals surface area (Å²) < 4.78 is 36.2. The Bertz CT molecular complexity index is 1290. The summed E-state index contributed by atoms with van der Waals surface area (Å²) >= 11 is 1.12. The maximum absolute atomic E-state index is 13.3. The number of nitrogens with one attached hydrogen (secondary N) is 1. The van der Waals surface area contributed by atoms with Crippen LogP contribution in [0.4, 0.5) is 11.4 Å². The van der Waals surface area contributed by atoms with E-state index in [0.717, 1.165) is 11.8 Å². The van der Waals surface area contributed by atoms with Gasteiger partial charge >= 0.3 is 0 Å². The number of amides is 3. The maximum atomic E-state index is 13.3. The molecule has 4 rings (SSSR count). The Morgan fingerprint density at radius 2 is 1.82 bits per heavy atom. The van der Waals surface area contributed by atoms with E-state index in [4.69, 9.17) is 9.29 Å².